The first-order chi connectivity index (χ1) is 20.8. The molecular formula is C32H44O13. The smallest absolute Gasteiger partial charge is 0.312 e. The lowest BCUT2D eigenvalue weighted by molar-refractivity contribution is -0.218. The van der Waals surface area contributed by atoms with Crippen molar-refractivity contribution in [2.75, 3.05) is 0 Å². The van der Waals surface area contributed by atoms with Crippen LogP contribution in [0.15, 0.2) is 23.3 Å². The number of fused-ring (bicyclic) bond motifs is 2. The van der Waals surface area contributed by atoms with E-state index in [-0.39, 0.29) is 19.3 Å². The van der Waals surface area contributed by atoms with E-state index in [0.717, 1.165) is 0 Å². The van der Waals surface area contributed by atoms with Crippen molar-refractivity contribution in [2.24, 2.45) is 17.3 Å². The third-order valence-corrected chi connectivity index (χ3v) is 9.06. The molecule has 0 aromatic rings. The summed E-state index contributed by atoms with van der Waals surface area (Å²) in [6, 6.07) is 0. The number of hydrogen-bond acceptors (Lipinski definition) is 13. The van der Waals surface area contributed by atoms with Crippen molar-refractivity contribution in [2.45, 2.75) is 124 Å². The van der Waals surface area contributed by atoms with Crippen molar-refractivity contribution < 1.29 is 62.3 Å². The summed E-state index contributed by atoms with van der Waals surface area (Å²) < 4.78 is 34.2. The van der Waals surface area contributed by atoms with Crippen LogP contribution < -0.4 is 0 Å². The highest BCUT2D eigenvalue weighted by Gasteiger charge is 2.67. The van der Waals surface area contributed by atoms with Crippen molar-refractivity contribution in [1.82, 2.24) is 0 Å². The van der Waals surface area contributed by atoms with Crippen LogP contribution in [0.25, 0.3) is 0 Å². The molecule has 13 nitrogen and oxygen atoms in total. The largest absolute Gasteiger partial charge is 0.462 e. The molecule has 0 amide bonds. The van der Waals surface area contributed by atoms with Crippen LogP contribution in [-0.4, -0.2) is 83.1 Å². The van der Waals surface area contributed by atoms with E-state index in [1.54, 1.807) is 26.8 Å². The highest BCUT2D eigenvalue weighted by molar-refractivity contribution is 5.78. The number of carbonyl (C=O) groups excluding carboxylic acids is 6. The van der Waals surface area contributed by atoms with E-state index in [9.17, 15) is 33.9 Å². The second-order valence-electron chi connectivity index (χ2n) is 12.5. The molecule has 13 heteroatoms. The Kier molecular flexibility index (Phi) is 10.9. The number of hydrogen-bond donors (Lipinski definition) is 1. The monoisotopic (exact) mass is 636 g/mol. The highest BCUT2D eigenvalue weighted by atomic mass is 16.6. The molecule has 1 heterocycles. The molecule has 0 bridgehead atoms. The average Bonchev–Trinajstić information content (AvgIpc) is 3.11. The molecule has 1 aliphatic heterocycles. The lowest BCUT2D eigenvalue weighted by atomic mass is 9.56. The number of aliphatic hydroxyl groups is 1. The lowest BCUT2D eigenvalue weighted by Crippen LogP contribution is -2.65. The maximum Gasteiger partial charge on any atom is 0.312 e. The van der Waals surface area contributed by atoms with Gasteiger partial charge in [0.05, 0.1) is 17.8 Å². The van der Waals surface area contributed by atoms with Crippen LogP contribution in [0.2, 0.25) is 0 Å². The zero-order valence-electron chi connectivity index (χ0n) is 27.2. The first-order valence-electron chi connectivity index (χ1n) is 15.0. The summed E-state index contributed by atoms with van der Waals surface area (Å²) >= 11 is 0. The molecule has 10 atom stereocenters. The minimum atomic E-state index is -2.15. The molecular weight excluding hydrogens is 592 g/mol. The standard InChI is InChI=1S/C32H44O13/c1-15-10-11-24(41-20(6)34)31(9)25(42-21(7)35)14-23(44-27(37)13-17(3)40-19(5)33)16(2)12-26-32(39,18(4)30(38)45-26)29(28(15)31)43-22(8)36/h10,12,17-18,23-26,28-29,39H,11,13-14H2,1-9H3/b16-12-/t17-,18+,23-,24+,25-,26+,28-,29-,31-,32+/m1/s1. The molecule has 0 unspecified atom stereocenters. The number of esters is 6. The maximum absolute atomic E-state index is 13.1. The molecule has 3 aliphatic rings. The van der Waals surface area contributed by atoms with Gasteiger partial charge in [0, 0.05) is 46.5 Å². The predicted octanol–water partition coefficient (Wildman–Crippen LogP) is 2.65. The zero-order valence-corrected chi connectivity index (χ0v) is 27.2. The van der Waals surface area contributed by atoms with Gasteiger partial charge in [-0.2, -0.15) is 0 Å². The minimum absolute atomic E-state index is 0.144. The Hall–Kier alpha value is -3.74. The third-order valence-electron chi connectivity index (χ3n) is 9.06. The molecule has 1 fully saturated rings. The fourth-order valence-electron chi connectivity index (χ4n) is 6.92. The zero-order chi connectivity index (χ0) is 34.0. The van der Waals surface area contributed by atoms with E-state index < -0.39 is 95.3 Å². The van der Waals surface area contributed by atoms with E-state index in [0.29, 0.717) is 11.1 Å². The Morgan fingerprint density at radius 2 is 1.51 bits per heavy atom. The first kappa shape index (κ1) is 35.7. The Labute approximate surface area is 262 Å². The van der Waals surface area contributed by atoms with Crippen LogP contribution in [0.4, 0.5) is 0 Å². The van der Waals surface area contributed by atoms with Gasteiger partial charge < -0.3 is 33.5 Å². The van der Waals surface area contributed by atoms with E-state index in [1.807, 2.05) is 0 Å². The van der Waals surface area contributed by atoms with Crippen molar-refractivity contribution in [3.05, 3.63) is 23.3 Å². The molecule has 0 saturated carbocycles. The van der Waals surface area contributed by atoms with Gasteiger partial charge in [0.15, 0.2) is 11.7 Å². The normalized spacial score (nSPS) is 36.3. The summed E-state index contributed by atoms with van der Waals surface area (Å²) in [5.41, 5.74) is -2.61. The van der Waals surface area contributed by atoms with Gasteiger partial charge in [0.25, 0.3) is 0 Å². The number of ether oxygens (including phenoxy) is 6. The number of carbonyl (C=O) groups is 6. The fraction of sp³-hybridized carbons (Fsp3) is 0.688. The Bertz CT molecular complexity index is 1280. The van der Waals surface area contributed by atoms with Gasteiger partial charge in [-0.3, -0.25) is 28.8 Å². The molecule has 250 valence electrons. The summed E-state index contributed by atoms with van der Waals surface area (Å²) in [5.74, 6) is -6.30. The van der Waals surface area contributed by atoms with E-state index >= 15 is 0 Å². The van der Waals surface area contributed by atoms with Gasteiger partial charge in [-0.1, -0.05) is 18.6 Å². The topological polar surface area (TPSA) is 178 Å². The molecule has 0 aromatic heterocycles. The molecule has 3 rings (SSSR count). The summed E-state index contributed by atoms with van der Waals surface area (Å²) in [4.78, 5) is 75.2. The SMILES string of the molecule is CC(=O)O[C@H](C)CC(=O)O[C@@H]1C[C@@H](OC(C)=O)[C@@]2(C)[C@@H](OC(C)=O)CC=C(C)[C@@H]2[C@@H](OC(C)=O)[C@@]2(O)[C@H](/C=C\1C)OC(=O)[C@@H]2C. The summed E-state index contributed by atoms with van der Waals surface area (Å²) in [6.45, 7) is 12.8. The van der Waals surface area contributed by atoms with E-state index in [4.69, 9.17) is 28.4 Å². The van der Waals surface area contributed by atoms with Gasteiger partial charge in [0.2, 0.25) is 0 Å². The van der Waals surface area contributed by atoms with Gasteiger partial charge in [0.1, 0.15) is 30.5 Å². The average molecular weight is 637 g/mol. The van der Waals surface area contributed by atoms with Gasteiger partial charge in [-0.15, -0.1) is 0 Å². The van der Waals surface area contributed by atoms with Crippen LogP contribution in [0.1, 0.15) is 81.6 Å². The van der Waals surface area contributed by atoms with Gasteiger partial charge in [-0.25, -0.2) is 0 Å². The first-order valence-corrected chi connectivity index (χ1v) is 15.0. The summed E-state index contributed by atoms with van der Waals surface area (Å²) in [7, 11) is 0. The Balaban J connectivity index is 2.32. The molecule has 1 N–H and O–H groups in total. The van der Waals surface area contributed by atoms with Crippen LogP contribution in [0.3, 0.4) is 0 Å². The molecule has 2 aliphatic carbocycles. The molecule has 0 aromatic carbocycles. The summed E-state index contributed by atoms with van der Waals surface area (Å²) in [6.07, 6.45) is -3.82. The van der Waals surface area contributed by atoms with Crippen LogP contribution in [-0.2, 0) is 57.2 Å². The quantitative estimate of drug-likeness (QED) is 0.245. The molecule has 1 saturated heterocycles. The maximum atomic E-state index is 13.1. The van der Waals surface area contributed by atoms with E-state index in [2.05, 4.69) is 0 Å². The van der Waals surface area contributed by atoms with Crippen LogP contribution in [0.5, 0.6) is 0 Å². The van der Waals surface area contributed by atoms with Gasteiger partial charge >= 0.3 is 35.8 Å². The van der Waals surface area contributed by atoms with Gasteiger partial charge in [-0.05, 0) is 39.3 Å². The fourth-order valence-corrected chi connectivity index (χ4v) is 6.92. The van der Waals surface area contributed by atoms with Crippen molar-refractivity contribution in [1.29, 1.82) is 0 Å². The molecule has 45 heavy (non-hydrogen) atoms. The number of rotatable bonds is 7. The molecule has 0 spiro atoms. The minimum Gasteiger partial charge on any atom is -0.462 e. The Morgan fingerprint density at radius 3 is 2.07 bits per heavy atom. The lowest BCUT2D eigenvalue weighted by Gasteiger charge is -2.54. The van der Waals surface area contributed by atoms with E-state index in [1.165, 1.54) is 47.6 Å². The van der Waals surface area contributed by atoms with Crippen molar-refractivity contribution >= 4 is 35.8 Å². The third kappa shape index (κ3) is 7.40. The highest BCUT2D eigenvalue weighted by Crippen LogP contribution is 2.55. The van der Waals surface area contributed by atoms with Crippen LogP contribution in [0, 0.1) is 17.3 Å². The van der Waals surface area contributed by atoms with Crippen molar-refractivity contribution in [3.8, 4) is 0 Å². The Morgan fingerprint density at radius 1 is 0.933 bits per heavy atom. The second-order valence-corrected chi connectivity index (χ2v) is 12.5. The van der Waals surface area contributed by atoms with Crippen LogP contribution >= 0.6 is 0 Å². The van der Waals surface area contributed by atoms with Crippen molar-refractivity contribution in [3.63, 3.8) is 0 Å². The molecule has 0 radical (unpaired) electrons. The summed E-state index contributed by atoms with van der Waals surface area (Å²) in [5, 5.41) is 12.5. The second kappa shape index (κ2) is 13.7. The predicted molar refractivity (Wildman–Crippen MR) is 155 cm³/mol.